The largest absolute Gasteiger partial charge is 0.383 e. The van der Waals surface area contributed by atoms with Crippen LogP contribution in [0.3, 0.4) is 0 Å². The lowest BCUT2D eigenvalue weighted by Crippen LogP contribution is -2.32. The van der Waals surface area contributed by atoms with Crippen LogP contribution in [0.25, 0.3) is 0 Å². The summed E-state index contributed by atoms with van der Waals surface area (Å²) >= 11 is 5.79. The van der Waals surface area contributed by atoms with Crippen LogP contribution in [0.1, 0.15) is 11.5 Å². The van der Waals surface area contributed by atoms with Crippen LogP contribution in [0.2, 0.25) is 5.02 Å². The first kappa shape index (κ1) is 14.0. The summed E-state index contributed by atoms with van der Waals surface area (Å²) in [5, 5.41) is 3.76. The highest BCUT2D eigenvalue weighted by molar-refractivity contribution is 6.30. The van der Waals surface area contributed by atoms with Gasteiger partial charge in [0.25, 0.3) is 0 Å². The van der Waals surface area contributed by atoms with Crippen molar-refractivity contribution in [1.29, 1.82) is 0 Å². The highest BCUT2D eigenvalue weighted by atomic mass is 35.5. The minimum atomic E-state index is -0.350. The molecule has 3 N–H and O–H groups in total. The number of amides is 1. The van der Waals surface area contributed by atoms with Crippen LogP contribution < -0.4 is 11.1 Å². The first-order valence-corrected chi connectivity index (χ1v) is 5.77. The predicted octanol–water partition coefficient (Wildman–Crippen LogP) is 1.14. The molecule has 0 fully saturated rings. The standard InChI is InChI=1S/C12H17ClN2O2/c1-17-7-6-15-8-11(12(14)16)9-2-4-10(13)5-3-9/h2-5,11,15H,6-8H2,1H3,(H2,14,16)/t11-/m1/s1. The molecule has 0 spiro atoms. The highest BCUT2D eigenvalue weighted by Crippen LogP contribution is 2.17. The molecule has 1 atom stereocenters. The van der Waals surface area contributed by atoms with E-state index in [1.807, 2.05) is 12.1 Å². The molecular weight excluding hydrogens is 240 g/mol. The van der Waals surface area contributed by atoms with E-state index >= 15 is 0 Å². The fraction of sp³-hybridized carbons (Fsp3) is 0.417. The van der Waals surface area contributed by atoms with Gasteiger partial charge in [0, 0.05) is 25.2 Å². The van der Waals surface area contributed by atoms with E-state index in [-0.39, 0.29) is 11.8 Å². The highest BCUT2D eigenvalue weighted by Gasteiger charge is 2.16. The summed E-state index contributed by atoms with van der Waals surface area (Å²) in [6.07, 6.45) is 0. The van der Waals surface area contributed by atoms with Gasteiger partial charge in [-0.1, -0.05) is 23.7 Å². The van der Waals surface area contributed by atoms with Gasteiger partial charge < -0.3 is 15.8 Å². The summed E-state index contributed by atoms with van der Waals surface area (Å²) in [5.41, 5.74) is 6.25. The first-order chi connectivity index (χ1) is 8.15. The van der Waals surface area contributed by atoms with E-state index in [0.29, 0.717) is 24.7 Å². The molecular formula is C12H17ClN2O2. The minimum absolute atomic E-state index is 0.343. The Kier molecular flexibility index (Phi) is 5.97. The topological polar surface area (TPSA) is 64.3 Å². The van der Waals surface area contributed by atoms with Crippen LogP contribution in [0.4, 0.5) is 0 Å². The molecule has 1 aromatic carbocycles. The van der Waals surface area contributed by atoms with Crippen LogP contribution in [0.5, 0.6) is 0 Å². The average Bonchev–Trinajstić information content (AvgIpc) is 2.30. The Labute approximate surface area is 106 Å². The molecule has 0 aliphatic heterocycles. The molecule has 0 aromatic heterocycles. The molecule has 1 rings (SSSR count). The third-order valence-corrected chi connectivity index (χ3v) is 2.70. The molecule has 0 heterocycles. The number of primary amides is 1. The van der Waals surface area contributed by atoms with Crippen molar-refractivity contribution in [2.75, 3.05) is 26.8 Å². The van der Waals surface area contributed by atoms with E-state index in [2.05, 4.69) is 5.32 Å². The second-order valence-corrected chi connectivity index (χ2v) is 4.14. The smallest absolute Gasteiger partial charge is 0.226 e. The molecule has 0 saturated carbocycles. The van der Waals surface area contributed by atoms with Gasteiger partial charge >= 0.3 is 0 Å². The number of rotatable bonds is 7. The van der Waals surface area contributed by atoms with Crippen LogP contribution in [-0.2, 0) is 9.53 Å². The normalized spacial score (nSPS) is 12.4. The van der Waals surface area contributed by atoms with E-state index in [1.165, 1.54) is 0 Å². The summed E-state index contributed by atoms with van der Waals surface area (Å²) in [7, 11) is 1.63. The molecule has 5 heteroatoms. The average molecular weight is 257 g/mol. The number of hydrogen-bond donors (Lipinski definition) is 2. The molecule has 0 aliphatic rings. The van der Waals surface area contributed by atoms with Gasteiger partial charge in [-0.25, -0.2) is 0 Å². The molecule has 0 aliphatic carbocycles. The molecule has 0 saturated heterocycles. The fourth-order valence-corrected chi connectivity index (χ4v) is 1.62. The Balaban J connectivity index is 2.59. The Bertz CT molecular complexity index is 354. The number of ether oxygens (including phenoxy) is 1. The Morgan fingerprint density at radius 1 is 1.47 bits per heavy atom. The van der Waals surface area contributed by atoms with Crippen molar-refractivity contribution in [2.45, 2.75) is 5.92 Å². The lowest BCUT2D eigenvalue weighted by molar-refractivity contribution is -0.119. The number of methoxy groups -OCH3 is 1. The van der Waals surface area contributed by atoms with Crippen molar-refractivity contribution in [3.05, 3.63) is 34.9 Å². The van der Waals surface area contributed by atoms with Gasteiger partial charge in [-0.15, -0.1) is 0 Å². The number of carbonyl (C=O) groups excluding carboxylic acids is 1. The van der Waals surface area contributed by atoms with Crippen molar-refractivity contribution in [3.63, 3.8) is 0 Å². The fourth-order valence-electron chi connectivity index (χ4n) is 1.50. The van der Waals surface area contributed by atoms with Crippen LogP contribution in [-0.4, -0.2) is 32.7 Å². The Morgan fingerprint density at radius 2 is 2.12 bits per heavy atom. The van der Waals surface area contributed by atoms with E-state index < -0.39 is 0 Å². The maximum atomic E-state index is 11.4. The van der Waals surface area contributed by atoms with E-state index in [9.17, 15) is 4.79 Å². The van der Waals surface area contributed by atoms with Gasteiger partial charge in [-0.05, 0) is 17.7 Å². The maximum absolute atomic E-state index is 11.4. The zero-order valence-electron chi connectivity index (χ0n) is 9.78. The zero-order chi connectivity index (χ0) is 12.7. The van der Waals surface area contributed by atoms with Crippen molar-refractivity contribution >= 4 is 17.5 Å². The van der Waals surface area contributed by atoms with E-state index in [4.69, 9.17) is 22.1 Å². The molecule has 0 unspecified atom stereocenters. The van der Waals surface area contributed by atoms with Gasteiger partial charge in [0.2, 0.25) is 5.91 Å². The molecule has 1 aromatic rings. The third-order valence-electron chi connectivity index (χ3n) is 2.45. The second-order valence-electron chi connectivity index (χ2n) is 3.70. The van der Waals surface area contributed by atoms with Crippen molar-refractivity contribution in [3.8, 4) is 0 Å². The van der Waals surface area contributed by atoms with E-state index in [1.54, 1.807) is 19.2 Å². The predicted molar refractivity (Wildman–Crippen MR) is 68.1 cm³/mol. The molecule has 94 valence electrons. The molecule has 1 amide bonds. The Morgan fingerprint density at radius 3 is 2.65 bits per heavy atom. The minimum Gasteiger partial charge on any atom is -0.383 e. The SMILES string of the molecule is COCCNC[C@@H](C(N)=O)c1ccc(Cl)cc1. The summed E-state index contributed by atoms with van der Waals surface area (Å²) in [6.45, 7) is 1.79. The summed E-state index contributed by atoms with van der Waals surface area (Å²) in [5.74, 6) is -0.693. The van der Waals surface area contributed by atoms with Gasteiger partial charge in [0.1, 0.15) is 0 Å². The molecule has 0 radical (unpaired) electrons. The third kappa shape index (κ3) is 4.73. The number of carbonyl (C=O) groups is 1. The molecule has 0 bridgehead atoms. The van der Waals surface area contributed by atoms with Crippen LogP contribution in [0.15, 0.2) is 24.3 Å². The lowest BCUT2D eigenvalue weighted by atomic mass is 9.98. The van der Waals surface area contributed by atoms with Crippen LogP contribution in [0, 0.1) is 0 Å². The van der Waals surface area contributed by atoms with Gasteiger partial charge in [0.15, 0.2) is 0 Å². The summed E-state index contributed by atoms with van der Waals surface area (Å²) in [6, 6.07) is 7.13. The van der Waals surface area contributed by atoms with Gasteiger partial charge in [-0.3, -0.25) is 4.79 Å². The van der Waals surface area contributed by atoms with Crippen molar-refractivity contribution < 1.29 is 9.53 Å². The number of hydrogen-bond acceptors (Lipinski definition) is 3. The quantitative estimate of drug-likeness (QED) is 0.720. The van der Waals surface area contributed by atoms with Crippen LogP contribution >= 0.6 is 11.6 Å². The van der Waals surface area contributed by atoms with Crippen molar-refractivity contribution in [2.24, 2.45) is 5.73 Å². The molecule has 17 heavy (non-hydrogen) atoms. The number of nitrogens with one attached hydrogen (secondary N) is 1. The maximum Gasteiger partial charge on any atom is 0.226 e. The first-order valence-electron chi connectivity index (χ1n) is 5.39. The molecule has 4 nitrogen and oxygen atoms in total. The lowest BCUT2D eigenvalue weighted by Gasteiger charge is -2.14. The van der Waals surface area contributed by atoms with Gasteiger partial charge in [0.05, 0.1) is 12.5 Å². The Hall–Kier alpha value is -1.10. The van der Waals surface area contributed by atoms with Crippen molar-refractivity contribution in [1.82, 2.24) is 5.32 Å². The summed E-state index contributed by atoms with van der Waals surface area (Å²) in [4.78, 5) is 11.4. The van der Waals surface area contributed by atoms with Gasteiger partial charge in [-0.2, -0.15) is 0 Å². The summed E-state index contributed by atoms with van der Waals surface area (Å²) < 4.78 is 4.91. The monoisotopic (exact) mass is 256 g/mol. The number of nitrogens with two attached hydrogens (primary N) is 1. The number of benzene rings is 1. The van der Waals surface area contributed by atoms with E-state index in [0.717, 1.165) is 5.56 Å². The second kappa shape index (κ2) is 7.27. The zero-order valence-corrected chi connectivity index (χ0v) is 10.5. The number of halogens is 1.